The maximum Gasteiger partial charge on any atom is 0.106 e. The number of aryl methyl sites for hydroxylation is 1. The van der Waals surface area contributed by atoms with E-state index in [0.29, 0.717) is 6.04 Å². The van der Waals surface area contributed by atoms with Crippen molar-refractivity contribution in [1.29, 1.82) is 0 Å². The average Bonchev–Trinajstić information content (AvgIpc) is 2.40. The van der Waals surface area contributed by atoms with E-state index in [4.69, 9.17) is 12.2 Å². The van der Waals surface area contributed by atoms with Gasteiger partial charge in [-0.2, -0.15) is 0 Å². The lowest BCUT2D eigenvalue weighted by Gasteiger charge is -2.36. The summed E-state index contributed by atoms with van der Waals surface area (Å²) in [5, 5.41) is 0. The van der Waals surface area contributed by atoms with Crippen molar-refractivity contribution < 1.29 is 0 Å². The highest BCUT2D eigenvalue weighted by molar-refractivity contribution is 7.71. The summed E-state index contributed by atoms with van der Waals surface area (Å²) in [6, 6.07) is 2.86. The van der Waals surface area contributed by atoms with Crippen molar-refractivity contribution in [1.82, 2.24) is 9.88 Å². The average molecular weight is 264 g/mol. The minimum Gasteiger partial charge on any atom is -0.352 e. The molecular formula is C15H24N2S. The summed E-state index contributed by atoms with van der Waals surface area (Å²) < 4.78 is 0.870. The summed E-state index contributed by atoms with van der Waals surface area (Å²) in [6.45, 7) is 6.85. The quantitative estimate of drug-likeness (QED) is 0.814. The smallest absolute Gasteiger partial charge is 0.106 e. The summed E-state index contributed by atoms with van der Waals surface area (Å²) in [7, 11) is 0. The largest absolute Gasteiger partial charge is 0.352 e. The first-order chi connectivity index (χ1) is 8.72. The molecule has 1 fully saturated rings. The molecule has 18 heavy (non-hydrogen) atoms. The monoisotopic (exact) mass is 264 g/mol. The molecule has 0 radical (unpaired) electrons. The van der Waals surface area contributed by atoms with E-state index in [0.717, 1.165) is 4.64 Å². The summed E-state index contributed by atoms with van der Waals surface area (Å²) in [6.07, 6.45) is 8.68. The SMILES string of the molecule is CCCCN1CCCC[C@@H]1c1c[nH]c(=S)c(C)c1. The Kier molecular flexibility index (Phi) is 4.95. The fraction of sp³-hybridized carbons (Fsp3) is 0.667. The van der Waals surface area contributed by atoms with Crippen molar-refractivity contribution in [2.45, 2.75) is 52.0 Å². The first-order valence-corrected chi connectivity index (χ1v) is 7.56. The van der Waals surface area contributed by atoms with Gasteiger partial charge in [-0.1, -0.05) is 38.0 Å². The second-order valence-electron chi connectivity index (χ2n) is 5.35. The van der Waals surface area contributed by atoms with Crippen LogP contribution in [-0.2, 0) is 0 Å². The van der Waals surface area contributed by atoms with Gasteiger partial charge in [0.1, 0.15) is 4.64 Å². The highest BCUT2D eigenvalue weighted by atomic mass is 32.1. The van der Waals surface area contributed by atoms with Gasteiger partial charge >= 0.3 is 0 Å². The summed E-state index contributed by atoms with van der Waals surface area (Å²) in [5.41, 5.74) is 2.61. The highest BCUT2D eigenvalue weighted by Gasteiger charge is 2.23. The Morgan fingerprint density at radius 3 is 3.00 bits per heavy atom. The van der Waals surface area contributed by atoms with Crippen LogP contribution in [0.2, 0.25) is 0 Å². The molecule has 2 rings (SSSR count). The Balaban J connectivity index is 2.16. The molecule has 0 aromatic carbocycles. The fourth-order valence-electron chi connectivity index (χ4n) is 2.81. The number of pyridine rings is 1. The zero-order valence-corrected chi connectivity index (χ0v) is 12.4. The third-order valence-electron chi connectivity index (χ3n) is 3.91. The molecule has 1 saturated heterocycles. The molecule has 1 atom stereocenters. The van der Waals surface area contributed by atoms with E-state index in [1.165, 1.54) is 56.3 Å². The van der Waals surface area contributed by atoms with E-state index >= 15 is 0 Å². The van der Waals surface area contributed by atoms with Crippen LogP contribution in [-0.4, -0.2) is 23.0 Å². The minimum atomic E-state index is 0.593. The Morgan fingerprint density at radius 1 is 1.44 bits per heavy atom. The number of aromatic nitrogens is 1. The zero-order valence-electron chi connectivity index (χ0n) is 11.5. The van der Waals surface area contributed by atoms with Crippen molar-refractivity contribution in [3.8, 4) is 0 Å². The standard InChI is InChI=1S/C15H24N2S/c1-3-4-8-17-9-6-5-7-14(17)13-10-12(2)15(18)16-11-13/h10-11,14H,3-9H2,1-2H3,(H,16,18)/t14-/m1/s1. The van der Waals surface area contributed by atoms with Crippen LogP contribution in [0.3, 0.4) is 0 Å². The molecule has 2 nitrogen and oxygen atoms in total. The molecule has 1 N–H and O–H groups in total. The molecular weight excluding hydrogens is 240 g/mol. The van der Waals surface area contributed by atoms with Crippen LogP contribution in [0.5, 0.6) is 0 Å². The second-order valence-corrected chi connectivity index (χ2v) is 5.75. The van der Waals surface area contributed by atoms with E-state index in [-0.39, 0.29) is 0 Å². The number of hydrogen-bond donors (Lipinski definition) is 1. The zero-order chi connectivity index (χ0) is 13.0. The Morgan fingerprint density at radius 2 is 2.28 bits per heavy atom. The molecule has 3 heteroatoms. The molecule has 0 unspecified atom stereocenters. The number of aromatic amines is 1. The van der Waals surface area contributed by atoms with Crippen LogP contribution in [0.25, 0.3) is 0 Å². The predicted molar refractivity (Wildman–Crippen MR) is 79.4 cm³/mol. The van der Waals surface area contributed by atoms with Crippen molar-refractivity contribution in [2.24, 2.45) is 0 Å². The highest BCUT2D eigenvalue weighted by Crippen LogP contribution is 2.31. The third-order valence-corrected chi connectivity index (χ3v) is 4.35. The van der Waals surface area contributed by atoms with Gasteiger partial charge in [-0.3, -0.25) is 4.90 Å². The predicted octanol–water partition coefficient (Wildman–Crippen LogP) is 4.38. The number of rotatable bonds is 4. The maximum absolute atomic E-state index is 5.24. The van der Waals surface area contributed by atoms with Crippen LogP contribution >= 0.6 is 12.2 Å². The number of likely N-dealkylation sites (tertiary alicyclic amines) is 1. The maximum atomic E-state index is 5.24. The Hall–Kier alpha value is -0.670. The molecule has 100 valence electrons. The van der Waals surface area contributed by atoms with Gasteiger partial charge in [-0.05, 0) is 50.4 Å². The summed E-state index contributed by atoms with van der Waals surface area (Å²) in [4.78, 5) is 5.88. The summed E-state index contributed by atoms with van der Waals surface area (Å²) in [5.74, 6) is 0. The number of H-pyrrole nitrogens is 1. The molecule has 0 spiro atoms. The van der Waals surface area contributed by atoms with Gasteiger partial charge in [-0.25, -0.2) is 0 Å². The van der Waals surface area contributed by atoms with Gasteiger partial charge in [-0.15, -0.1) is 0 Å². The van der Waals surface area contributed by atoms with Gasteiger partial charge in [0.05, 0.1) is 0 Å². The molecule has 0 saturated carbocycles. The molecule has 1 aromatic heterocycles. The van der Waals surface area contributed by atoms with Crippen molar-refractivity contribution in [2.75, 3.05) is 13.1 Å². The first-order valence-electron chi connectivity index (χ1n) is 7.15. The molecule has 0 bridgehead atoms. The lowest BCUT2D eigenvalue weighted by atomic mass is 9.95. The van der Waals surface area contributed by atoms with Gasteiger partial charge in [0.2, 0.25) is 0 Å². The number of hydrogen-bond acceptors (Lipinski definition) is 2. The van der Waals surface area contributed by atoms with Crippen LogP contribution in [0.15, 0.2) is 12.3 Å². The fourth-order valence-corrected chi connectivity index (χ4v) is 2.93. The van der Waals surface area contributed by atoms with Gasteiger partial charge in [0.25, 0.3) is 0 Å². The van der Waals surface area contributed by atoms with E-state index in [9.17, 15) is 0 Å². The van der Waals surface area contributed by atoms with Gasteiger partial charge in [0.15, 0.2) is 0 Å². The van der Waals surface area contributed by atoms with E-state index in [1.54, 1.807) is 0 Å². The van der Waals surface area contributed by atoms with E-state index in [2.05, 4.69) is 36.0 Å². The normalized spacial score (nSPS) is 21.1. The number of nitrogens with zero attached hydrogens (tertiary/aromatic N) is 1. The van der Waals surface area contributed by atoms with Crippen molar-refractivity contribution in [3.05, 3.63) is 28.0 Å². The Bertz CT molecular complexity index is 438. The van der Waals surface area contributed by atoms with Gasteiger partial charge < -0.3 is 4.98 Å². The lowest BCUT2D eigenvalue weighted by molar-refractivity contribution is 0.146. The molecule has 2 heterocycles. The Labute approximate surface area is 115 Å². The van der Waals surface area contributed by atoms with Crippen LogP contribution in [0, 0.1) is 11.6 Å². The molecule has 1 aromatic rings. The second kappa shape index (κ2) is 6.48. The third kappa shape index (κ3) is 3.21. The topological polar surface area (TPSA) is 19.0 Å². The molecule has 0 aliphatic carbocycles. The van der Waals surface area contributed by atoms with Crippen molar-refractivity contribution >= 4 is 12.2 Å². The number of nitrogens with one attached hydrogen (secondary N) is 1. The van der Waals surface area contributed by atoms with Gasteiger partial charge in [0, 0.05) is 12.2 Å². The number of piperidine rings is 1. The van der Waals surface area contributed by atoms with Crippen molar-refractivity contribution in [3.63, 3.8) is 0 Å². The summed E-state index contributed by atoms with van der Waals surface area (Å²) >= 11 is 5.24. The van der Waals surface area contributed by atoms with Crippen LogP contribution in [0.1, 0.15) is 56.2 Å². The minimum absolute atomic E-state index is 0.593. The lowest BCUT2D eigenvalue weighted by Crippen LogP contribution is -2.34. The molecule has 1 aliphatic heterocycles. The van der Waals surface area contributed by atoms with E-state index < -0.39 is 0 Å². The first kappa shape index (κ1) is 13.8. The van der Waals surface area contributed by atoms with Crippen LogP contribution < -0.4 is 0 Å². The van der Waals surface area contributed by atoms with E-state index in [1.807, 2.05) is 0 Å². The van der Waals surface area contributed by atoms with Crippen LogP contribution in [0.4, 0.5) is 0 Å². The molecule has 0 amide bonds. The molecule has 1 aliphatic rings. The number of unbranched alkanes of at least 4 members (excludes halogenated alkanes) is 1.